The van der Waals surface area contributed by atoms with Crippen LogP contribution in [-0.4, -0.2) is 55.7 Å². The van der Waals surface area contributed by atoms with Crippen molar-refractivity contribution in [3.63, 3.8) is 0 Å². The molecule has 1 fully saturated rings. The minimum atomic E-state index is -0.752. The normalized spacial score (nSPS) is 17.8. The van der Waals surface area contributed by atoms with Gasteiger partial charge in [0, 0.05) is 19.2 Å². The third kappa shape index (κ3) is 4.41. The van der Waals surface area contributed by atoms with Crippen molar-refractivity contribution in [3.8, 4) is 11.5 Å². The van der Waals surface area contributed by atoms with E-state index in [1.165, 1.54) is 12.0 Å². The minimum Gasteiger partial charge on any atom is -0.507 e. The Morgan fingerprint density at radius 1 is 1.13 bits per heavy atom. The second-order valence-corrected chi connectivity index (χ2v) is 7.18. The van der Waals surface area contributed by atoms with E-state index in [9.17, 15) is 14.7 Å². The first-order chi connectivity index (χ1) is 14.9. The number of amides is 1. The van der Waals surface area contributed by atoms with Crippen LogP contribution in [0.15, 0.2) is 48.0 Å². The number of methoxy groups -OCH3 is 2. The maximum atomic E-state index is 13.0. The van der Waals surface area contributed by atoms with Crippen LogP contribution >= 0.6 is 0 Å². The summed E-state index contributed by atoms with van der Waals surface area (Å²) in [4.78, 5) is 27.3. The van der Waals surface area contributed by atoms with Crippen LogP contribution in [0.25, 0.3) is 5.76 Å². The van der Waals surface area contributed by atoms with Gasteiger partial charge < -0.3 is 24.2 Å². The number of carbonyl (C=O) groups excluding carboxylic acids is 2. The van der Waals surface area contributed by atoms with Crippen LogP contribution in [0, 0.1) is 6.92 Å². The highest BCUT2D eigenvalue weighted by Gasteiger charge is 2.46. The van der Waals surface area contributed by atoms with Gasteiger partial charge in [-0.2, -0.15) is 0 Å². The lowest BCUT2D eigenvalue weighted by Crippen LogP contribution is -2.32. The van der Waals surface area contributed by atoms with E-state index in [1.54, 1.807) is 43.5 Å². The van der Waals surface area contributed by atoms with Crippen molar-refractivity contribution in [2.75, 3.05) is 34.0 Å². The largest absolute Gasteiger partial charge is 0.507 e. The maximum Gasteiger partial charge on any atom is 0.295 e. The number of nitrogens with zero attached hydrogens (tertiary/aromatic N) is 1. The lowest BCUT2D eigenvalue weighted by molar-refractivity contribution is -0.140. The summed E-state index contributed by atoms with van der Waals surface area (Å²) in [5.41, 5.74) is 1.96. The molecule has 7 nitrogen and oxygen atoms in total. The van der Waals surface area contributed by atoms with E-state index < -0.39 is 17.7 Å². The number of aliphatic hydroxyl groups is 1. The molecule has 1 aliphatic rings. The number of aryl methyl sites for hydroxylation is 1. The van der Waals surface area contributed by atoms with Crippen molar-refractivity contribution in [1.82, 2.24) is 4.90 Å². The van der Waals surface area contributed by atoms with Gasteiger partial charge >= 0.3 is 0 Å². The molecular formula is C24H27NO6. The SMILES string of the molecule is CCOc1cccc(C2/C(=C(\O)c3ccc(OC)c(C)c3)C(=O)C(=O)N2CCOC)c1. The fraction of sp³-hybridized carbons (Fsp3) is 0.333. The van der Waals surface area contributed by atoms with Gasteiger partial charge in [-0.15, -0.1) is 0 Å². The molecule has 1 atom stereocenters. The van der Waals surface area contributed by atoms with Crippen molar-refractivity contribution in [1.29, 1.82) is 0 Å². The number of rotatable bonds is 8. The predicted molar refractivity (Wildman–Crippen MR) is 116 cm³/mol. The Morgan fingerprint density at radius 3 is 2.55 bits per heavy atom. The summed E-state index contributed by atoms with van der Waals surface area (Å²) in [7, 11) is 3.09. The average Bonchev–Trinajstić information content (AvgIpc) is 3.02. The lowest BCUT2D eigenvalue weighted by atomic mass is 9.94. The molecule has 7 heteroatoms. The Kier molecular flexibility index (Phi) is 6.97. The molecule has 1 heterocycles. The number of hydrogen-bond acceptors (Lipinski definition) is 6. The van der Waals surface area contributed by atoms with Gasteiger partial charge in [-0.3, -0.25) is 9.59 Å². The number of ketones is 1. The predicted octanol–water partition coefficient (Wildman–Crippen LogP) is 3.47. The molecule has 1 N–H and O–H groups in total. The van der Waals surface area contributed by atoms with E-state index in [1.807, 2.05) is 19.9 Å². The molecule has 1 saturated heterocycles. The molecule has 3 rings (SSSR count). The van der Waals surface area contributed by atoms with Crippen LogP contribution in [0.5, 0.6) is 11.5 Å². The number of benzene rings is 2. The first kappa shape index (κ1) is 22.4. The molecule has 0 spiro atoms. The molecule has 1 aliphatic heterocycles. The Labute approximate surface area is 181 Å². The fourth-order valence-corrected chi connectivity index (χ4v) is 3.77. The van der Waals surface area contributed by atoms with Gasteiger partial charge in [0.15, 0.2) is 0 Å². The Morgan fingerprint density at radius 2 is 1.90 bits per heavy atom. The molecule has 0 saturated carbocycles. The van der Waals surface area contributed by atoms with Gasteiger partial charge in [0.1, 0.15) is 17.3 Å². The second-order valence-electron chi connectivity index (χ2n) is 7.18. The lowest BCUT2D eigenvalue weighted by Gasteiger charge is -2.25. The number of hydrogen-bond donors (Lipinski definition) is 1. The standard InChI is InChI=1S/C24H27NO6/c1-5-31-18-8-6-7-16(14-18)21-20(23(27)24(28)25(21)11-12-29-3)22(26)17-9-10-19(30-4)15(2)13-17/h6-10,13-14,21,26H,5,11-12H2,1-4H3/b22-20+. The number of ether oxygens (including phenoxy) is 3. The van der Waals surface area contributed by atoms with Gasteiger partial charge in [0.2, 0.25) is 0 Å². The molecule has 31 heavy (non-hydrogen) atoms. The van der Waals surface area contributed by atoms with Gasteiger partial charge in [0.25, 0.3) is 11.7 Å². The van der Waals surface area contributed by atoms with Crippen molar-refractivity contribution >= 4 is 17.4 Å². The molecule has 2 aromatic rings. The van der Waals surface area contributed by atoms with Crippen LogP contribution in [0.3, 0.4) is 0 Å². The highest BCUT2D eigenvalue weighted by Crippen LogP contribution is 2.40. The van der Waals surface area contributed by atoms with Gasteiger partial charge in [0.05, 0.1) is 31.9 Å². The number of Topliss-reactive ketones (excluding diaryl/α,β-unsaturated/α-hetero) is 1. The molecule has 0 aromatic heterocycles. The smallest absolute Gasteiger partial charge is 0.295 e. The van der Waals surface area contributed by atoms with Crippen molar-refractivity contribution < 1.29 is 28.9 Å². The van der Waals surface area contributed by atoms with Crippen molar-refractivity contribution in [2.45, 2.75) is 19.9 Å². The third-order valence-corrected chi connectivity index (χ3v) is 5.23. The van der Waals surface area contributed by atoms with E-state index in [2.05, 4.69) is 0 Å². The van der Waals surface area contributed by atoms with Crippen molar-refractivity contribution in [2.24, 2.45) is 0 Å². The van der Waals surface area contributed by atoms with Gasteiger partial charge in [-0.05, 0) is 55.3 Å². The fourth-order valence-electron chi connectivity index (χ4n) is 3.77. The third-order valence-electron chi connectivity index (χ3n) is 5.23. The highest BCUT2D eigenvalue weighted by molar-refractivity contribution is 6.46. The van der Waals surface area contributed by atoms with Gasteiger partial charge in [-0.1, -0.05) is 12.1 Å². The van der Waals surface area contributed by atoms with Crippen molar-refractivity contribution in [3.05, 3.63) is 64.7 Å². The topological polar surface area (TPSA) is 85.3 Å². The zero-order valence-electron chi connectivity index (χ0n) is 18.2. The van der Waals surface area contributed by atoms with Crippen LogP contribution in [0.4, 0.5) is 0 Å². The van der Waals surface area contributed by atoms with Crippen LogP contribution in [0.2, 0.25) is 0 Å². The Balaban J connectivity index is 2.16. The summed E-state index contributed by atoms with van der Waals surface area (Å²) in [5.74, 6) is -0.337. The minimum absolute atomic E-state index is 0.0410. The molecule has 1 unspecified atom stereocenters. The van der Waals surface area contributed by atoms with Crippen LogP contribution < -0.4 is 9.47 Å². The van der Waals surface area contributed by atoms with E-state index in [4.69, 9.17) is 14.2 Å². The quantitative estimate of drug-likeness (QED) is 0.396. The van der Waals surface area contributed by atoms with Gasteiger partial charge in [-0.25, -0.2) is 0 Å². The maximum absolute atomic E-state index is 13.0. The van der Waals surface area contributed by atoms with E-state index >= 15 is 0 Å². The van der Waals surface area contributed by atoms with E-state index in [-0.39, 0.29) is 24.5 Å². The Bertz CT molecular complexity index is 1010. The number of aliphatic hydroxyl groups excluding tert-OH is 1. The number of carbonyl (C=O) groups is 2. The zero-order chi connectivity index (χ0) is 22.5. The molecule has 0 bridgehead atoms. The second kappa shape index (κ2) is 9.66. The average molecular weight is 425 g/mol. The molecule has 2 aromatic carbocycles. The summed E-state index contributed by atoms with van der Waals surface area (Å²) < 4.78 is 16.0. The summed E-state index contributed by atoms with van der Waals surface area (Å²) in [6, 6.07) is 11.6. The molecule has 0 radical (unpaired) electrons. The zero-order valence-corrected chi connectivity index (χ0v) is 18.2. The molecule has 164 valence electrons. The first-order valence-electron chi connectivity index (χ1n) is 10.1. The molecule has 0 aliphatic carbocycles. The van der Waals surface area contributed by atoms with E-state index in [0.717, 1.165) is 5.56 Å². The highest BCUT2D eigenvalue weighted by atomic mass is 16.5. The Hall–Kier alpha value is -3.32. The first-order valence-corrected chi connectivity index (χ1v) is 10.1. The number of likely N-dealkylation sites (tertiary alicyclic amines) is 1. The van der Waals surface area contributed by atoms with Crippen LogP contribution in [-0.2, 0) is 14.3 Å². The summed E-state index contributed by atoms with van der Waals surface area (Å²) >= 11 is 0. The van der Waals surface area contributed by atoms with E-state index in [0.29, 0.717) is 29.2 Å². The summed E-state index contributed by atoms with van der Waals surface area (Å²) in [5, 5.41) is 11.1. The molecular weight excluding hydrogens is 398 g/mol. The molecule has 1 amide bonds. The summed E-state index contributed by atoms with van der Waals surface area (Å²) in [6.45, 7) is 4.68. The monoisotopic (exact) mass is 425 g/mol. The summed E-state index contributed by atoms with van der Waals surface area (Å²) in [6.07, 6.45) is 0. The van der Waals surface area contributed by atoms with Crippen LogP contribution in [0.1, 0.15) is 29.7 Å².